The van der Waals surface area contributed by atoms with E-state index < -0.39 is 0 Å². The average molecular weight is 218 g/mol. The fourth-order valence-corrected chi connectivity index (χ4v) is 3.00. The fourth-order valence-electron chi connectivity index (χ4n) is 1.55. The molecule has 2 N–H and O–H groups in total. The van der Waals surface area contributed by atoms with E-state index >= 15 is 0 Å². The second-order valence-electron chi connectivity index (χ2n) is 3.57. The minimum atomic E-state index is 0.647. The first-order valence-electron chi connectivity index (χ1n) is 4.76. The Kier molecular flexibility index (Phi) is 5.06. The van der Waals surface area contributed by atoms with E-state index in [4.69, 9.17) is 18.0 Å². The first-order chi connectivity index (χ1) is 6.20. The summed E-state index contributed by atoms with van der Waals surface area (Å²) < 4.78 is 0. The van der Waals surface area contributed by atoms with Crippen LogP contribution in [0, 0.1) is 0 Å². The van der Waals surface area contributed by atoms with Crippen molar-refractivity contribution in [3.63, 3.8) is 0 Å². The number of hydrogen-bond donors (Lipinski definition) is 1. The maximum Gasteiger partial charge on any atom is 0.0727 e. The Hall–Kier alpha value is 0.200. The first-order valence-corrected chi connectivity index (χ1v) is 6.32. The highest BCUT2D eigenvalue weighted by atomic mass is 32.2. The molecule has 13 heavy (non-hydrogen) atoms. The third-order valence-corrected chi connectivity index (χ3v) is 3.81. The Morgan fingerprint density at radius 3 is 3.00 bits per heavy atom. The van der Waals surface area contributed by atoms with E-state index in [1.54, 1.807) is 0 Å². The van der Waals surface area contributed by atoms with Gasteiger partial charge in [-0.2, -0.15) is 11.8 Å². The molecule has 0 saturated carbocycles. The van der Waals surface area contributed by atoms with Crippen molar-refractivity contribution < 1.29 is 0 Å². The van der Waals surface area contributed by atoms with Gasteiger partial charge in [-0.1, -0.05) is 12.2 Å². The third-order valence-electron chi connectivity index (χ3n) is 2.46. The molecular weight excluding hydrogens is 200 g/mol. The van der Waals surface area contributed by atoms with E-state index in [9.17, 15) is 0 Å². The Balaban J connectivity index is 2.09. The van der Waals surface area contributed by atoms with E-state index in [1.165, 1.54) is 17.9 Å². The molecule has 1 rings (SSSR count). The third kappa shape index (κ3) is 4.29. The number of rotatable bonds is 5. The second-order valence-corrected chi connectivity index (χ2v) is 5.24. The molecule has 1 fully saturated rings. The fraction of sp³-hybridized carbons (Fsp3) is 0.889. The summed E-state index contributed by atoms with van der Waals surface area (Å²) in [7, 11) is 2.20. The van der Waals surface area contributed by atoms with Gasteiger partial charge in [0.1, 0.15) is 0 Å². The van der Waals surface area contributed by atoms with Crippen LogP contribution in [0.1, 0.15) is 19.3 Å². The van der Waals surface area contributed by atoms with Gasteiger partial charge in [0.25, 0.3) is 0 Å². The zero-order valence-electron chi connectivity index (χ0n) is 8.16. The smallest absolute Gasteiger partial charge is 0.0727 e. The SMILES string of the molecule is CN(CCCC(N)=S)C1CCSC1. The van der Waals surface area contributed by atoms with Crippen molar-refractivity contribution in [2.75, 3.05) is 25.1 Å². The van der Waals surface area contributed by atoms with Crippen LogP contribution in [0.15, 0.2) is 0 Å². The van der Waals surface area contributed by atoms with Crippen molar-refractivity contribution in [2.45, 2.75) is 25.3 Å². The van der Waals surface area contributed by atoms with Crippen LogP contribution >= 0.6 is 24.0 Å². The van der Waals surface area contributed by atoms with Crippen molar-refractivity contribution in [2.24, 2.45) is 5.73 Å². The van der Waals surface area contributed by atoms with Gasteiger partial charge in [0.2, 0.25) is 0 Å². The van der Waals surface area contributed by atoms with E-state index in [-0.39, 0.29) is 0 Å². The molecule has 1 aliphatic rings. The maximum absolute atomic E-state index is 5.44. The minimum absolute atomic E-state index is 0.647. The summed E-state index contributed by atoms with van der Waals surface area (Å²) in [6.45, 7) is 1.13. The van der Waals surface area contributed by atoms with Crippen LogP contribution in [0.2, 0.25) is 0 Å². The highest BCUT2D eigenvalue weighted by Crippen LogP contribution is 2.21. The standard InChI is InChI=1S/C9H18N2S2/c1-11(5-2-3-9(10)12)8-4-6-13-7-8/h8H,2-7H2,1H3,(H2,10,12). The molecule has 0 aromatic rings. The molecule has 0 bridgehead atoms. The maximum atomic E-state index is 5.44. The topological polar surface area (TPSA) is 29.3 Å². The predicted octanol–water partition coefficient (Wildman–Crippen LogP) is 1.49. The van der Waals surface area contributed by atoms with Crippen molar-refractivity contribution in [3.8, 4) is 0 Å². The monoisotopic (exact) mass is 218 g/mol. The summed E-state index contributed by atoms with van der Waals surface area (Å²) in [5.41, 5.74) is 5.44. The van der Waals surface area contributed by atoms with E-state index in [1.807, 2.05) is 0 Å². The quantitative estimate of drug-likeness (QED) is 0.708. The van der Waals surface area contributed by atoms with Crippen molar-refractivity contribution >= 4 is 29.0 Å². The number of thioether (sulfide) groups is 1. The number of hydrogen-bond acceptors (Lipinski definition) is 3. The Morgan fingerprint density at radius 1 is 1.69 bits per heavy atom. The van der Waals surface area contributed by atoms with Crippen molar-refractivity contribution in [1.82, 2.24) is 4.90 Å². The summed E-state index contributed by atoms with van der Waals surface area (Å²) in [5, 5.41) is 0. The number of thiocarbonyl (C=S) groups is 1. The molecule has 2 nitrogen and oxygen atoms in total. The largest absolute Gasteiger partial charge is 0.393 e. The molecule has 0 aliphatic carbocycles. The normalized spacial score (nSPS) is 22.5. The van der Waals surface area contributed by atoms with Gasteiger partial charge in [-0.15, -0.1) is 0 Å². The molecule has 0 spiro atoms. The van der Waals surface area contributed by atoms with Gasteiger partial charge in [-0.05, 0) is 38.6 Å². The second kappa shape index (κ2) is 5.83. The molecule has 0 amide bonds. The van der Waals surface area contributed by atoms with E-state index in [0.717, 1.165) is 25.4 Å². The summed E-state index contributed by atoms with van der Waals surface area (Å²) in [6.07, 6.45) is 3.33. The molecule has 1 saturated heterocycles. The van der Waals surface area contributed by atoms with Crippen molar-refractivity contribution in [1.29, 1.82) is 0 Å². The van der Waals surface area contributed by atoms with Crippen molar-refractivity contribution in [3.05, 3.63) is 0 Å². The Morgan fingerprint density at radius 2 is 2.46 bits per heavy atom. The van der Waals surface area contributed by atoms with Crippen LogP contribution in [0.4, 0.5) is 0 Å². The molecule has 76 valence electrons. The van der Waals surface area contributed by atoms with Gasteiger partial charge in [0, 0.05) is 11.8 Å². The molecule has 0 radical (unpaired) electrons. The van der Waals surface area contributed by atoms with Gasteiger partial charge < -0.3 is 10.6 Å². The molecule has 1 unspecified atom stereocenters. The van der Waals surface area contributed by atoms with Gasteiger partial charge in [-0.3, -0.25) is 0 Å². The van der Waals surface area contributed by atoms with Crippen LogP contribution in [0.3, 0.4) is 0 Å². The van der Waals surface area contributed by atoms with Gasteiger partial charge in [0.15, 0.2) is 0 Å². The van der Waals surface area contributed by atoms with Crippen LogP contribution in [0.5, 0.6) is 0 Å². The average Bonchev–Trinajstić information content (AvgIpc) is 2.55. The molecule has 4 heteroatoms. The predicted molar refractivity (Wildman–Crippen MR) is 64.4 cm³/mol. The first kappa shape index (κ1) is 11.3. The van der Waals surface area contributed by atoms with Gasteiger partial charge >= 0.3 is 0 Å². The number of nitrogens with two attached hydrogens (primary N) is 1. The molecule has 0 aromatic carbocycles. The lowest BCUT2D eigenvalue weighted by molar-refractivity contribution is 0.261. The number of nitrogens with zero attached hydrogens (tertiary/aromatic N) is 1. The highest BCUT2D eigenvalue weighted by Gasteiger charge is 2.19. The zero-order valence-corrected chi connectivity index (χ0v) is 9.79. The van der Waals surface area contributed by atoms with Crippen LogP contribution < -0.4 is 5.73 Å². The lowest BCUT2D eigenvalue weighted by Crippen LogP contribution is -2.32. The molecule has 1 heterocycles. The lowest BCUT2D eigenvalue weighted by Gasteiger charge is -2.22. The Bertz CT molecular complexity index is 167. The molecule has 1 atom stereocenters. The van der Waals surface area contributed by atoms with Crippen LogP contribution in [-0.4, -0.2) is 41.0 Å². The summed E-state index contributed by atoms with van der Waals surface area (Å²) in [6, 6.07) is 0.788. The minimum Gasteiger partial charge on any atom is -0.393 e. The zero-order chi connectivity index (χ0) is 9.68. The van der Waals surface area contributed by atoms with Gasteiger partial charge in [-0.25, -0.2) is 0 Å². The summed E-state index contributed by atoms with van der Waals surface area (Å²) in [5.74, 6) is 2.62. The summed E-state index contributed by atoms with van der Waals surface area (Å²) in [4.78, 5) is 3.09. The van der Waals surface area contributed by atoms with E-state index in [2.05, 4.69) is 23.7 Å². The lowest BCUT2D eigenvalue weighted by atomic mass is 10.2. The van der Waals surface area contributed by atoms with Crippen LogP contribution in [-0.2, 0) is 0 Å². The van der Waals surface area contributed by atoms with Gasteiger partial charge in [0.05, 0.1) is 4.99 Å². The highest BCUT2D eigenvalue weighted by molar-refractivity contribution is 7.99. The molecule has 0 aromatic heterocycles. The summed E-state index contributed by atoms with van der Waals surface area (Å²) >= 11 is 6.90. The Labute approximate surface area is 90.2 Å². The van der Waals surface area contributed by atoms with E-state index in [0.29, 0.717) is 4.99 Å². The molecular formula is C9H18N2S2. The molecule has 1 aliphatic heterocycles. The van der Waals surface area contributed by atoms with Crippen LogP contribution in [0.25, 0.3) is 0 Å².